The summed E-state index contributed by atoms with van der Waals surface area (Å²) in [6, 6.07) is 0. The average molecular weight is 324 g/mol. The van der Waals surface area contributed by atoms with Gasteiger partial charge in [0.15, 0.2) is 0 Å². The Kier molecular flexibility index (Phi) is 5.26. The third-order valence-corrected chi connectivity index (χ3v) is 3.96. The van der Waals surface area contributed by atoms with Gasteiger partial charge >= 0.3 is 11.9 Å². The van der Waals surface area contributed by atoms with E-state index in [1.165, 1.54) is 22.2 Å². The fourth-order valence-electron chi connectivity index (χ4n) is 1.88. The molecule has 0 radical (unpaired) electrons. The standard InChI is InChI=1S/C14H16N2O5S/c1-2-3-6-21-14(20)9-7-22-12-11(9)13(19)16(8-15-12)5-4-10(17)18/h7-8H,2-6H2,1H3,(H,17,18). The topological polar surface area (TPSA) is 98.5 Å². The minimum atomic E-state index is -1.00. The molecule has 7 nitrogen and oxygen atoms in total. The number of aliphatic carboxylic acids is 1. The Morgan fingerprint density at radius 1 is 1.45 bits per heavy atom. The van der Waals surface area contributed by atoms with Gasteiger partial charge in [0.2, 0.25) is 0 Å². The van der Waals surface area contributed by atoms with Crippen molar-refractivity contribution in [2.45, 2.75) is 32.7 Å². The van der Waals surface area contributed by atoms with E-state index in [0.717, 1.165) is 12.8 Å². The molecule has 2 heterocycles. The number of ether oxygens (including phenoxy) is 1. The van der Waals surface area contributed by atoms with E-state index >= 15 is 0 Å². The summed E-state index contributed by atoms with van der Waals surface area (Å²) < 4.78 is 6.33. The fourth-order valence-corrected chi connectivity index (χ4v) is 2.75. The van der Waals surface area contributed by atoms with Gasteiger partial charge in [-0.2, -0.15) is 0 Å². The smallest absolute Gasteiger partial charge is 0.339 e. The molecule has 0 bridgehead atoms. The number of carboxylic acids is 1. The van der Waals surface area contributed by atoms with E-state index in [0.29, 0.717) is 11.4 Å². The molecule has 2 rings (SSSR count). The van der Waals surface area contributed by atoms with Crippen LogP contribution >= 0.6 is 11.3 Å². The van der Waals surface area contributed by atoms with Crippen molar-refractivity contribution < 1.29 is 19.4 Å². The van der Waals surface area contributed by atoms with Gasteiger partial charge in [-0.25, -0.2) is 9.78 Å². The molecule has 8 heteroatoms. The number of hydrogen-bond acceptors (Lipinski definition) is 6. The quantitative estimate of drug-likeness (QED) is 0.617. The Bertz CT molecular complexity index is 749. The summed E-state index contributed by atoms with van der Waals surface area (Å²) in [4.78, 5) is 39.6. The van der Waals surface area contributed by atoms with Crippen molar-refractivity contribution in [1.29, 1.82) is 0 Å². The first-order chi connectivity index (χ1) is 10.5. The van der Waals surface area contributed by atoms with Crippen LogP contribution in [0.25, 0.3) is 10.2 Å². The van der Waals surface area contributed by atoms with Gasteiger partial charge in [0.25, 0.3) is 5.56 Å². The second-order valence-electron chi connectivity index (χ2n) is 4.71. The van der Waals surface area contributed by atoms with Crippen LogP contribution in [0.1, 0.15) is 36.5 Å². The third-order valence-electron chi connectivity index (χ3n) is 3.08. The van der Waals surface area contributed by atoms with E-state index < -0.39 is 17.5 Å². The van der Waals surface area contributed by atoms with Crippen molar-refractivity contribution in [1.82, 2.24) is 9.55 Å². The summed E-state index contributed by atoms with van der Waals surface area (Å²) >= 11 is 1.19. The van der Waals surface area contributed by atoms with Crippen molar-refractivity contribution in [3.8, 4) is 0 Å². The number of aromatic nitrogens is 2. The Balaban J connectivity index is 2.32. The number of nitrogens with zero attached hydrogens (tertiary/aromatic N) is 2. The second kappa shape index (κ2) is 7.17. The maximum absolute atomic E-state index is 12.4. The van der Waals surface area contributed by atoms with E-state index in [9.17, 15) is 14.4 Å². The van der Waals surface area contributed by atoms with Crippen LogP contribution in [0, 0.1) is 0 Å². The molecule has 0 atom stereocenters. The summed E-state index contributed by atoms with van der Waals surface area (Å²) in [6.45, 7) is 2.30. The summed E-state index contributed by atoms with van der Waals surface area (Å²) in [5, 5.41) is 10.4. The second-order valence-corrected chi connectivity index (χ2v) is 5.56. The number of carbonyl (C=O) groups excluding carboxylic acids is 1. The van der Waals surface area contributed by atoms with Crippen molar-refractivity contribution in [3.63, 3.8) is 0 Å². The van der Waals surface area contributed by atoms with E-state index in [4.69, 9.17) is 9.84 Å². The minimum Gasteiger partial charge on any atom is -0.481 e. The highest BCUT2D eigenvalue weighted by atomic mass is 32.1. The Labute approximate surface area is 130 Å². The van der Waals surface area contributed by atoms with Crippen LogP contribution in [-0.2, 0) is 16.1 Å². The molecule has 0 aliphatic carbocycles. The Hall–Kier alpha value is -2.22. The van der Waals surface area contributed by atoms with Gasteiger partial charge in [-0.15, -0.1) is 11.3 Å². The molecule has 118 valence electrons. The minimum absolute atomic E-state index is 0.0112. The van der Waals surface area contributed by atoms with E-state index in [1.54, 1.807) is 5.38 Å². The first-order valence-corrected chi connectivity index (χ1v) is 7.78. The lowest BCUT2D eigenvalue weighted by Crippen LogP contribution is -2.23. The molecule has 0 saturated carbocycles. The van der Waals surface area contributed by atoms with E-state index in [1.807, 2.05) is 6.92 Å². The van der Waals surface area contributed by atoms with E-state index in [2.05, 4.69) is 4.98 Å². The fraction of sp³-hybridized carbons (Fsp3) is 0.429. The van der Waals surface area contributed by atoms with E-state index in [-0.39, 0.29) is 23.9 Å². The third kappa shape index (κ3) is 3.51. The Morgan fingerprint density at radius 3 is 2.91 bits per heavy atom. The maximum atomic E-state index is 12.4. The number of unbranched alkanes of at least 4 members (excludes halogenated alkanes) is 1. The van der Waals surface area contributed by atoms with Gasteiger partial charge in [-0.05, 0) is 6.42 Å². The number of fused-ring (bicyclic) bond motifs is 1. The summed E-state index contributed by atoms with van der Waals surface area (Å²) in [6.07, 6.45) is 2.78. The Morgan fingerprint density at radius 2 is 2.23 bits per heavy atom. The van der Waals surface area contributed by atoms with Crippen molar-refractivity contribution >= 4 is 33.5 Å². The lowest BCUT2D eigenvalue weighted by atomic mass is 10.2. The van der Waals surface area contributed by atoms with Crippen LogP contribution in [-0.4, -0.2) is 33.2 Å². The van der Waals surface area contributed by atoms with Gasteiger partial charge in [0.05, 0.1) is 30.3 Å². The first-order valence-electron chi connectivity index (χ1n) is 6.90. The molecule has 0 unspecified atom stereocenters. The number of carbonyl (C=O) groups is 2. The molecule has 2 aromatic heterocycles. The predicted octanol–water partition coefficient (Wildman–Crippen LogP) is 1.89. The largest absolute Gasteiger partial charge is 0.481 e. The molecule has 0 amide bonds. The zero-order valence-electron chi connectivity index (χ0n) is 12.1. The van der Waals surface area contributed by atoms with Crippen LogP contribution < -0.4 is 5.56 Å². The molecule has 22 heavy (non-hydrogen) atoms. The normalized spacial score (nSPS) is 10.8. The molecule has 0 spiro atoms. The van der Waals surface area contributed by atoms with Crippen LogP contribution in [0.15, 0.2) is 16.5 Å². The summed E-state index contributed by atoms with van der Waals surface area (Å²) in [5.41, 5.74) is -0.229. The lowest BCUT2D eigenvalue weighted by molar-refractivity contribution is -0.137. The van der Waals surface area contributed by atoms with Crippen LogP contribution in [0.4, 0.5) is 0 Å². The first kappa shape index (κ1) is 16.2. The molecular formula is C14H16N2O5S. The predicted molar refractivity (Wildman–Crippen MR) is 81.3 cm³/mol. The zero-order chi connectivity index (χ0) is 16.1. The maximum Gasteiger partial charge on any atom is 0.339 e. The molecule has 0 aliphatic heterocycles. The highest BCUT2D eigenvalue weighted by Gasteiger charge is 2.18. The molecule has 0 aliphatic rings. The number of rotatable bonds is 7. The molecule has 1 N–H and O–H groups in total. The average Bonchev–Trinajstić information content (AvgIpc) is 2.91. The van der Waals surface area contributed by atoms with Gasteiger partial charge in [0.1, 0.15) is 4.83 Å². The monoisotopic (exact) mass is 324 g/mol. The van der Waals surface area contributed by atoms with Crippen molar-refractivity contribution in [2.24, 2.45) is 0 Å². The zero-order valence-corrected chi connectivity index (χ0v) is 12.9. The SMILES string of the molecule is CCCCOC(=O)c1csc2ncn(CCC(=O)O)c(=O)c12. The highest BCUT2D eigenvalue weighted by molar-refractivity contribution is 7.17. The summed E-state index contributed by atoms with van der Waals surface area (Å²) in [7, 11) is 0. The number of esters is 1. The van der Waals surface area contributed by atoms with Gasteiger partial charge in [-0.3, -0.25) is 14.2 Å². The van der Waals surface area contributed by atoms with Gasteiger partial charge in [0, 0.05) is 11.9 Å². The molecule has 0 aromatic carbocycles. The van der Waals surface area contributed by atoms with Gasteiger partial charge in [-0.1, -0.05) is 13.3 Å². The van der Waals surface area contributed by atoms with Crippen LogP contribution in [0.5, 0.6) is 0 Å². The highest BCUT2D eigenvalue weighted by Crippen LogP contribution is 2.21. The molecule has 0 saturated heterocycles. The molecule has 2 aromatic rings. The number of thiophene rings is 1. The number of aryl methyl sites for hydroxylation is 1. The number of hydrogen-bond donors (Lipinski definition) is 1. The van der Waals surface area contributed by atoms with Crippen molar-refractivity contribution in [2.75, 3.05) is 6.61 Å². The van der Waals surface area contributed by atoms with Gasteiger partial charge < -0.3 is 9.84 Å². The van der Waals surface area contributed by atoms with Crippen molar-refractivity contribution in [3.05, 3.63) is 27.6 Å². The van der Waals surface area contributed by atoms with Crippen LogP contribution in [0.2, 0.25) is 0 Å². The molecular weight excluding hydrogens is 308 g/mol. The lowest BCUT2D eigenvalue weighted by Gasteiger charge is -2.05. The van der Waals surface area contributed by atoms with Crippen LogP contribution in [0.3, 0.4) is 0 Å². The summed E-state index contributed by atoms with van der Waals surface area (Å²) in [5.74, 6) is -1.55. The number of carboxylic acid groups (broad SMARTS) is 1. The molecule has 0 fully saturated rings.